The lowest BCUT2D eigenvalue weighted by molar-refractivity contribution is -0.172. The monoisotopic (exact) mass is 562 g/mol. The van der Waals surface area contributed by atoms with Gasteiger partial charge in [0.25, 0.3) is 5.56 Å². The van der Waals surface area contributed by atoms with Gasteiger partial charge in [-0.1, -0.05) is 19.6 Å². The molecule has 0 bridgehead atoms. The summed E-state index contributed by atoms with van der Waals surface area (Å²) in [6.45, 7) is 4.65. The first kappa shape index (κ1) is 26.6. The predicted molar refractivity (Wildman–Crippen MR) is 145 cm³/mol. The summed E-state index contributed by atoms with van der Waals surface area (Å²) in [4.78, 5) is 55.0. The summed E-state index contributed by atoms with van der Waals surface area (Å²) in [5, 5.41) is 16.7. The van der Waals surface area contributed by atoms with E-state index in [1.807, 2.05) is 0 Å². The molecule has 4 heterocycles. The Morgan fingerprint density at radius 1 is 1.24 bits per heavy atom. The number of aliphatic hydroxyl groups is 1. The van der Waals surface area contributed by atoms with E-state index in [1.54, 1.807) is 17.6 Å². The maximum atomic E-state index is 15.5. The van der Waals surface area contributed by atoms with Crippen LogP contribution in [0.3, 0.4) is 0 Å². The molecule has 0 saturated carbocycles. The van der Waals surface area contributed by atoms with Crippen LogP contribution in [0.2, 0.25) is 0 Å². The zero-order chi connectivity index (χ0) is 29.1. The molecule has 212 valence electrons. The summed E-state index contributed by atoms with van der Waals surface area (Å²) in [5.41, 5.74) is 1.77. The summed E-state index contributed by atoms with van der Waals surface area (Å²) in [6, 6.07) is 2.87. The summed E-state index contributed by atoms with van der Waals surface area (Å²) in [7, 11) is 0. The van der Waals surface area contributed by atoms with E-state index in [1.165, 1.54) is 12.1 Å². The maximum absolute atomic E-state index is 15.5. The lowest BCUT2D eigenvalue weighted by atomic mass is 9.85. The van der Waals surface area contributed by atoms with Crippen LogP contribution < -0.4 is 16.2 Å². The number of ether oxygens (including phenoxy) is 2. The third-order valence-electron chi connectivity index (χ3n) is 7.99. The van der Waals surface area contributed by atoms with Crippen LogP contribution in [-0.4, -0.2) is 45.8 Å². The molecule has 6 rings (SSSR count). The molecule has 3 N–H and O–H groups in total. The molecule has 2 aliphatic heterocycles. The van der Waals surface area contributed by atoms with Crippen LogP contribution in [0.5, 0.6) is 0 Å². The Hall–Kier alpha value is -4.58. The first-order valence-corrected chi connectivity index (χ1v) is 13.3. The minimum Gasteiger partial charge on any atom is -0.458 e. The van der Waals surface area contributed by atoms with E-state index in [4.69, 9.17) is 14.5 Å². The molecule has 0 spiro atoms. The van der Waals surface area contributed by atoms with Crippen molar-refractivity contribution in [2.45, 2.75) is 51.4 Å². The molecule has 1 aromatic carbocycles. The third kappa shape index (κ3) is 4.08. The van der Waals surface area contributed by atoms with Crippen molar-refractivity contribution in [3.63, 3.8) is 0 Å². The quantitative estimate of drug-likeness (QED) is 0.240. The van der Waals surface area contributed by atoms with Crippen LogP contribution in [-0.2, 0) is 50.7 Å². The van der Waals surface area contributed by atoms with E-state index in [2.05, 4.69) is 17.2 Å². The standard InChI is InChI=1S/C29H27FN4O7/c1-3-8-40-28(38)31-11-22(35)33-24-15-7-5-6-14-16-12-34-21(25(16)32-20(23(14)15)10-19(24)30)9-18-17(26(34)36)13-41-27(37)29(18,39)4-2/h3,9-10,39H,1,4-8,11-13H2,2H3,(H,31,38)(H,33,35)/t29-/m0/s1. The largest absolute Gasteiger partial charge is 0.458 e. The average Bonchev–Trinajstić information content (AvgIpc) is 3.34. The number of alkyl carbamates (subject to hydrolysis) is 1. The molecule has 11 nitrogen and oxygen atoms in total. The number of halogens is 1. The number of cyclic esters (lactones) is 1. The van der Waals surface area contributed by atoms with E-state index in [-0.39, 0.29) is 48.6 Å². The van der Waals surface area contributed by atoms with Crippen molar-refractivity contribution in [2.24, 2.45) is 0 Å². The van der Waals surface area contributed by atoms with Gasteiger partial charge >= 0.3 is 12.1 Å². The minimum absolute atomic E-state index is 0.0129. The first-order valence-electron chi connectivity index (χ1n) is 13.3. The highest BCUT2D eigenvalue weighted by atomic mass is 19.1. The summed E-state index contributed by atoms with van der Waals surface area (Å²) >= 11 is 0. The van der Waals surface area contributed by atoms with Gasteiger partial charge in [-0.15, -0.1) is 0 Å². The molecule has 12 heteroatoms. The molecule has 41 heavy (non-hydrogen) atoms. The number of rotatable bonds is 6. The molecular formula is C29H27FN4O7. The van der Waals surface area contributed by atoms with Gasteiger partial charge < -0.3 is 29.8 Å². The summed E-state index contributed by atoms with van der Waals surface area (Å²) in [5.74, 6) is -2.11. The Balaban J connectivity index is 1.42. The molecule has 2 aromatic heterocycles. The van der Waals surface area contributed by atoms with E-state index in [0.717, 1.165) is 16.5 Å². The van der Waals surface area contributed by atoms with Crippen LogP contribution in [0, 0.1) is 5.82 Å². The van der Waals surface area contributed by atoms with Gasteiger partial charge in [-0.3, -0.25) is 9.59 Å². The molecular weight excluding hydrogens is 535 g/mol. The topological polar surface area (TPSA) is 149 Å². The van der Waals surface area contributed by atoms with Gasteiger partial charge in [0.1, 0.15) is 25.6 Å². The van der Waals surface area contributed by atoms with Gasteiger partial charge in [-0.05, 0) is 42.9 Å². The van der Waals surface area contributed by atoms with E-state index < -0.39 is 35.9 Å². The zero-order valence-corrected chi connectivity index (χ0v) is 22.3. The number of hydrogen-bond donors (Lipinski definition) is 3. The van der Waals surface area contributed by atoms with Crippen molar-refractivity contribution in [3.05, 3.63) is 68.8 Å². The first-order chi connectivity index (χ1) is 19.7. The fraction of sp³-hybridized carbons (Fsp3) is 0.345. The molecule has 0 saturated heterocycles. The minimum atomic E-state index is -1.94. The smallest absolute Gasteiger partial charge is 0.407 e. The Morgan fingerprint density at radius 3 is 2.78 bits per heavy atom. The number of benzene rings is 1. The van der Waals surface area contributed by atoms with Crippen LogP contribution in [0.25, 0.3) is 22.3 Å². The normalized spacial score (nSPS) is 18.2. The molecule has 3 aromatic rings. The predicted octanol–water partition coefficient (Wildman–Crippen LogP) is 2.56. The van der Waals surface area contributed by atoms with Gasteiger partial charge in [0.05, 0.1) is 34.7 Å². The van der Waals surface area contributed by atoms with Crippen molar-refractivity contribution in [1.82, 2.24) is 14.9 Å². The highest BCUT2D eigenvalue weighted by Gasteiger charge is 2.45. The van der Waals surface area contributed by atoms with Crippen molar-refractivity contribution in [3.8, 4) is 11.4 Å². The van der Waals surface area contributed by atoms with Crippen molar-refractivity contribution in [1.29, 1.82) is 0 Å². The fourth-order valence-corrected chi connectivity index (χ4v) is 6.01. The number of nitrogens with one attached hydrogen (secondary N) is 2. The molecule has 0 radical (unpaired) electrons. The number of carbonyl (C=O) groups is 3. The number of hydrogen-bond acceptors (Lipinski definition) is 8. The van der Waals surface area contributed by atoms with Gasteiger partial charge in [0, 0.05) is 22.6 Å². The van der Waals surface area contributed by atoms with Gasteiger partial charge in [-0.2, -0.15) is 0 Å². The van der Waals surface area contributed by atoms with Crippen molar-refractivity contribution < 1.29 is 33.4 Å². The highest BCUT2D eigenvalue weighted by molar-refractivity contribution is 6.00. The SMILES string of the molecule is C=CCOC(=O)NCC(=O)Nc1c(F)cc2nc3c(c4c2c1CCC4)Cn1c-3cc2c(c1=O)COC(=O)[C@]2(O)CC. The zero-order valence-electron chi connectivity index (χ0n) is 22.3. The number of esters is 1. The van der Waals surface area contributed by atoms with E-state index in [9.17, 15) is 24.3 Å². The maximum Gasteiger partial charge on any atom is 0.407 e. The Kier molecular flexibility index (Phi) is 6.37. The van der Waals surface area contributed by atoms with Gasteiger partial charge in [0.2, 0.25) is 5.91 Å². The second-order valence-electron chi connectivity index (χ2n) is 10.3. The second-order valence-corrected chi connectivity index (χ2v) is 10.3. The number of carbonyl (C=O) groups excluding carboxylic acids is 3. The van der Waals surface area contributed by atoms with Crippen LogP contribution in [0.4, 0.5) is 14.9 Å². The number of aryl methyl sites for hydroxylation is 2. The van der Waals surface area contributed by atoms with Crippen molar-refractivity contribution in [2.75, 3.05) is 18.5 Å². The molecule has 1 aliphatic carbocycles. The number of anilines is 1. The van der Waals surface area contributed by atoms with E-state index in [0.29, 0.717) is 41.7 Å². The lowest BCUT2D eigenvalue weighted by Crippen LogP contribution is -2.44. The second kappa shape index (κ2) is 9.81. The molecule has 3 aliphatic rings. The molecule has 2 amide bonds. The number of pyridine rings is 2. The number of fused-ring (bicyclic) bond motifs is 5. The highest BCUT2D eigenvalue weighted by Crippen LogP contribution is 2.44. The summed E-state index contributed by atoms with van der Waals surface area (Å²) < 4.78 is 26.9. The van der Waals surface area contributed by atoms with Gasteiger partial charge in [-0.25, -0.2) is 19.0 Å². The van der Waals surface area contributed by atoms with E-state index >= 15 is 4.39 Å². The number of nitrogens with zero attached hydrogens (tertiary/aromatic N) is 2. The third-order valence-corrected chi connectivity index (χ3v) is 7.99. The average molecular weight is 563 g/mol. The molecule has 0 fully saturated rings. The molecule has 0 unspecified atom stereocenters. The molecule has 1 atom stereocenters. The number of amides is 2. The van der Waals surface area contributed by atoms with Crippen molar-refractivity contribution >= 4 is 34.6 Å². The van der Waals surface area contributed by atoms with Crippen LogP contribution in [0.15, 0.2) is 29.6 Å². The Morgan fingerprint density at radius 2 is 2.02 bits per heavy atom. The summed E-state index contributed by atoms with van der Waals surface area (Å²) in [6.07, 6.45) is 2.45. The van der Waals surface area contributed by atoms with Gasteiger partial charge in [0.15, 0.2) is 5.60 Å². The van der Waals surface area contributed by atoms with Crippen LogP contribution in [0.1, 0.15) is 47.6 Å². The lowest BCUT2D eigenvalue weighted by Gasteiger charge is -2.31. The Bertz CT molecular complexity index is 1750. The fourth-order valence-electron chi connectivity index (χ4n) is 6.01. The van der Waals surface area contributed by atoms with Crippen LogP contribution >= 0.6 is 0 Å². The number of aromatic nitrogens is 2. The Labute approximate surface area is 233 Å².